The van der Waals surface area contributed by atoms with Crippen LogP contribution in [0.4, 0.5) is 0 Å². The summed E-state index contributed by atoms with van der Waals surface area (Å²) in [7, 11) is 6.63. The van der Waals surface area contributed by atoms with Crippen LogP contribution in [0.1, 0.15) is 5.56 Å². The van der Waals surface area contributed by atoms with Crippen LogP contribution in [-0.2, 0) is 6.54 Å². The molecule has 0 spiro atoms. The van der Waals surface area contributed by atoms with E-state index in [1.165, 1.54) is 9.13 Å². The maximum absolute atomic E-state index is 2.39. The highest BCUT2D eigenvalue weighted by atomic mass is 127. The Kier molecular flexibility index (Phi) is 3.12. The summed E-state index contributed by atoms with van der Waals surface area (Å²) >= 11 is 2.39. The van der Waals surface area contributed by atoms with Gasteiger partial charge in [-0.05, 0) is 28.7 Å². The minimum atomic E-state index is 0.986. The molecule has 0 aromatic heterocycles. The maximum atomic E-state index is 2.39. The molecule has 1 aromatic carbocycles. The van der Waals surface area contributed by atoms with Crippen molar-refractivity contribution >= 4 is 22.6 Å². The molecule has 0 saturated carbocycles. The first-order chi connectivity index (χ1) is 5.49. The first-order valence-electron chi connectivity index (χ1n) is 4.03. The molecule has 1 nitrogen and oxygen atoms in total. The van der Waals surface area contributed by atoms with Gasteiger partial charge in [-0.25, -0.2) is 0 Å². The lowest BCUT2D eigenvalue weighted by Gasteiger charge is -2.24. The highest BCUT2D eigenvalue weighted by Gasteiger charge is 2.09. The Morgan fingerprint density at radius 1 is 1.17 bits per heavy atom. The van der Waals surface area contributed by atoms with Crippen molar-refractivity contribution in [3.63, 3.8) is 0 Å². The third kappa shape index (κ3) is 3.11. The highest BCUT2D eigenvalue weighted by Crippen LogP contribution is 2.14. The molecule has 12 heavy (non-hydrogen) atoms. The van der Waals surface area contributed by atoms with E-state index in [0.29, 0.717) is 0 Å². The molecule has 0 fully saturated rings. The largest absolute Gasteiger partial charge is 0.327 e. The van der Waals surface area contributed by atoms with Gasteiger partial charge in [0.1, 0.15) is 6.54 Å². The smallest absolute Gasteiger partial charge is 0.105 e. The Morgan fingerprint density at radius 2 is 1.75 bits per heavy atom. The van der Waals surface area contributed by atoms with Crippen molar-refractivity contribution in [1.29, 1.82) is 0 Å². The van der Waals surface area contributed by atoms with E-state index >= 15 is 0 Å². The number of halogens is 1. The molecule has 0 unspecified atom stereocenters. The predicted molar refractivity (Wildman–Crippen MR) is 60.9 cm³/mol. The Hall–Kier alpha value is -0.0900. The molecular weight excluding hydrogens is 261 g/mol. The second-order valence-electron chi connectivity index (χ2n) is 4.04. The highest BCUT2D eigenvalue weighted by molar-refractivity contribution is 14.1. The topological polar surface area (TPSA) is 0 Å². The summed E-state index contributed by atoms with van der Waals surface area (Å²) in [5.41, 5.74) is 1.44. The number of rotatable bonds is 2. The fourth-order valence-electron chi connectivity index (χ4n) is 1.14. The van der Waals surface area contributed by atoms with Crippen molar-refractivity contribution in [3.05, 3.63) is 33.4 Å². The van der Waals surface area contributed by atoms with Gasteiger partial charge in [-0.1, -0.05) is 18.2 Å². The number of benzene rings is 1. The second-order valence-corrected chi connectivity index (χ2v) is 5.20. The van der Waals surface area contributed by atoms with Crippen LogP contribution in [-0.4, -0.2) is 25.6 Å². The Labute approximate surface area is 88.1 Å². The van der Waals surface area contributed by atoms with Crippen LogP contribution in [0.3, 0.4) is 0 Å². The fraction of sp³-hybridized carbons (Fsp3) is 0.400. The summed E-state index contributed by atoms with van der Waals surface area (Å²) < 4.78 is 2.35. The number of hydrogen-bond donors (Lipinski definition) is 0. The molecular formula is C10H15IN+. The van der Waals surface area contributed by atoms with E-state index in [1.807, 2.05) is 0 Å². The monoisotopic (exact) mass is 276 g/mol. The molecule has 0 aliphatic heterocycles. The van der Waals surface area contributed by atoms with Gasteiger partial charge in [-0.3, -0.25) is 0 Å². The average Bonchev–Trinajstić information content (AvgIpc) is 1.91. The van der Waals surface area contributed by atoms with E-state index in [0.717, 1.165) is 11.0 Å². The lowest BCUT2D eigenvalue weighted by atomic mass is 10.2. The van der Waals surface area contributed by atoms with Gasteiger partial charge in [0.2, 0.25) is 0 Å². The molecule has 2 heteroatoms. The third-order valence-electron chi connectivity index (χ3n) is 1.60. The number of hydrogen-bond acceptors (Lipinski definition) is 0. The summed E-state index contributed by atoms with van der Waals surface area (Å²) in [6.45, 7) is 1.10. The molecule has 1 aromatic rings. The lowest BCUT2D eigenvalue weighted by molar-refractivity contribution is -0.884. The minimum Gasteiger partial charge on any atom is -0.327 e. The van der Waals surface area contributed by atoms with Gasteiger partial charge in [0.15, 0.2) is 0 Å². The lowest BCUT2D eigenvalue weighted by Crippen LogP contribution is -2.33. The molecule has 0 saturated heterocycles. The van der Waals surface area contributed by atoms with Gasteiger partial charge < -0.3 is 4.48 Å². The van der Waals surface area contributed by atoms with Gasteiger partial charge in [0.05, 0.1) is 21.1 Å². The summed E-state index contributed by atoms with van der Waals surface area (Å²) in [5.74, 6) is 0. The Bertz CT molecular complexity index is 263. The van der Waals surface area contributed by atoms with Crippen LogP contribution < -0.4 is 0 Å². The standard InChI is InChI=1S/C10H15IN/c1-12(2,3)8-9-6-4-5-7-10(9)11/h4-7H,8H2,1-3H3/q+1. The second kappa shape index (κ2) is 3.75. The van der Waals surface area contributed by atoms with Gasteiger partial charge in [-0.15, -0.1) is 0 Å². The SMILES string of the molecule is C[N+](C)(C)Cc1ccccc1I. The summed E-state index contributed by atoms with van der Waals surface area (Å²) in [6, 6.07) is 8.55. The van der Waals surface area contributed by atoms with E-state index in [1.54, 1.807) is 0 Å². The van der Waals surface area contributed by atoms with E-state index < -0.39 is 0 Å². The van der Waals surface area contributed by atoms with Crippen LogP contribution in [0.2, 0.25) is 0 Å². The van der Waals surface area contributed by atoms with Crippen LogP contribution in [0.25, 0.3) is 0 Å². The summed E-state index contributed by atoms with van der Waals surface area (Å²) in [4.78, 5) is 0. The quantitative estimate of drug-likeness (QED) is 0.575. The van der Waals surface area contributed by atoms with Gasteiger partial charge in [0.25, 0.3) is 0 Å². The predicted octanol–water partition coefficient (Wildman–Crippen LogP) is 2.50. The van der Waals surface area contributed by atoms with Crippen molar-refractivity contribution in [2.45, 2.75) is 6.54 Å². The zero-order valence-corrected chi connectivity index (χ0v) is 10.00. The maximum Gasteiger partial charge on any atom is 0.105 e. The molecule has 0 atom stereocenters. The molecule has 0 N–H and O–H groups in total. The van der Waals surface area contributed by atoms with Gasteiger partial charge >= 0.3 is 0 Å². The first-order valence-corrected chi connectivity index (χ1v) is 5.11. The van der Waals surface area contributed by atoms with Crippen LogP contribution >= 0.6 is 22.6 Å². The third-order valence-corrected chi connectivity index (χ3v) is 2.65. The molecule has 0 amide bonds. The molecule has 1 rings (SSSR count). The normalized spacial score (nSPS) is 11.7. The van der Waals surface area contributed by atoms with Crippen molar-refractivity contribution in [1.82, 2.24) is 0 Å². The van der Waals surface area contributed by atoms with E-state index in [4.69, 9.17) is 0 Å². The molecule has 0 aliphatic carbocycles. The fourth-order valence-corrected chi connectivity index (χ4v) is 1.70. The minimum absolute atomic E-state index is 0.986. The van der Waals surface area contributed by atoms with E-state index in [-0.39, 0.29) is 0 Å². The van der Waals surface area contributed by atoms with E-state index in [9.17, 15) is 0 Å². The van der Waals surface area contributed by atoms with Crippen molar-refractivity contribution in [2.24, 2.45) is 0 Å². The Morgan fingerprint density at radius 3 is 2.25 bits per heavy atom. The van der Waals surface area contributed by atoms with Crippen molar-refractivity contribution in [2.75, 3.05) is 21.1 Å². The van der Waals surface area contributed by atoms with Crippen molar-refractivity contribution < 1.29 is 4.48 Å². The zero-order chi connectivity index (χ0) is 9.19. The molecule has 66 valence electrons. The van der Waals surface area contributed by atoms with Gasteiger partial charge in [-0.2, -0.15) is 0 Å². The molecule has 0 bridgehead atoms. The van der Waals surface area contributed by atoms with Crippen LogP contribution in [0.15, 0.2) is 24.3 Å². The average molecular weight is 276 g/mol. The molecule has 0 heterocycles. The number of nitrogens with zero attached hydrogens (tertiary/aromatic N) is 1. The van der Waals surface area contributed by atoms with Crippen LogP contribution in [0.5, 0.6) is 0 Å². The Balaban J connectivity index is 2.83. The van der Waals surface area contributed by atoms with Gasteiger partial charge in [0, 0.05) is 9.13 Å². The van der Waals surface area contributed by atoms with Crippen molar-refractivity contribution in [3.8, 4) is 0 Å². The van der Waals surface area contributed by atoms with E-state index in [2.05, 4.69) is 68.0 Å². The number of quaternary nitrogens is 1. The first kappa shape index (κ1) is 9.99. The molecule has 0 radical (unpaired) electrons. The van der Waals surface area contributed by atoms with Crippen LogP contribution in [0, 0.1) is 3.57 Å². The summed E-state index contributed by atoms with van der Waals surface area (Å²) in [6.07, 6.45) is 0. The zero-order valence-electron chi connectivity index (χ0n) is 7.84. The summed E-state index contributed by atoms with van der Waals surface area (Å²) in [5, 5.41) is 0. The molecule has 0 aliphatic rings.